The Bertz CT molecular complexity index is 555. The molecule has 1 saturated carbocycles. The molecule has 0 saturated heterocycles. The van der Waals surface area contributed by atoms with Gasteiger partial charge in [-0.15, -0.1) is 0 Å². The van der Waals surface area contributed by atoms with E-state index in [0.717, 1.165) is 19.3 Å². The van der Waals surface area contributed by atoms with Gasteiger partial charge in [-0.2, -0.15) is 4.31 Å². The van der Waals surface area contributed by atoms with Gasteiger partial charge in [0.15, 0.2) is 0 Å². The van der Waals surface area contributed by atoms with Crippen molar-refractivity contribution in [1.82, 2.24) is 4.31 Å². The highest BCUT2D eigenvalue weighted by Crippen LogP contribution is 2.30. The van der Waals surface area contributed by atoms with Crippen molar-refractivity contribution in [3.63, 3.8) is 0 Å². The second-order valence-corrected chi connectivity index (χ2v) is 6.72. The van der Waals surface area contributed by atoms with Gasteiger partial charge >= 0.3 is 0 Å². The first-order chi connectivity index (χ1) is 8.96. The second-order valence-electron chi connectivity index (χ2n) is 4.86. The minimum absolute atomic E-state index is 0.0143. The zero-order valence-corrected chi connectivity index (χ0v) is 11.7. The molecule has 0 aliphatic heterocycles. The molecule has 1 aliphatic carbocycles. The van der Waals surface area contributed by atoms with E-state index in [1.807, 2.05) is 0 Å². The predicted octanol–water partition coefficient (Wildman–Crippen LogP) is 1.67. The van der Waals surface area contributed by atoms with Gasteiger partial charge in [-0.25, -0.2) is 12.8 Å². The summed E-state index contributed by atoms with van der Waals surface area (Å²) in [5.41, 5.74) is 0.692. The third-order valence-corrected chi connectivity index (χ3v) is 5.44. The molecule has 0 spiro atoms. The van der Waals surface area contributed by atoms with Crippen molar-refractivity contribution in [3.8, 4) is 0 Å². The Labute approximate surface area is 112 Å². The van der Waals surface area contributed by atoms with Gasteiger partial charge in [0.2, 0.25) is 10.0 Å². The summed E-state index contributed by atoms with van der Waals surface area (Å²) < 4.78 is 40.0. The maximum Gasteiger partial charge on any atom is 0.246 e. The lowest BCUT2D eigenvalue weighted by Crippen LogP contribution is -2.45. The van der Waals surface area contributed by atoms with Crippen LogP contribution in [0, 0.1) is 12.7 Å². The number of halogens is 1. The number of hydrogen-bond donors (Lipinski definition) is 1. The molecule has 1 fully saturated rings. The highest BCUT2D eigenvalue weighted by molar-refractivity contribution is 7.89. The molecule has 1 aromatic rings. The van der Waals surface area contributed by atoms with Crippen molar-refractivity contribution in [2.45, 2.75) is 37.1 Å². The van der Waals surface area contributed by atoms with Crippen LogP contribution >= 0.6 is 0 Å². The maximum absolute atomic E-state index is 13.8. The van der Waals surface area contributed by atoms with Crippen LogP contribution in [0.15, 0.2) is 23.1 Å². The van der Waals surface area contributed by atoms with Crippen molar-refractivity contribution in [2.75, 3.05) is 13.2 Å². The van der Waals surface area contributed by atoms with Crippen molar-refractivity contribution >= 4 is 10.0 Å². The first-order valence-corrected chi connectivity index (χ1v) is 7.79. The second kappa shape index (κ2) is 5.56. The van der Waals surface area contributed by atoms with E-state index in [4.69, 9.17) is 5.11 Å². The Balaban J connectivity index is 2.40. The summed E-state index contributed by atoms with van der Waals surface area (Å²) in [4.78, 5) is -0.298. The number of rotatable bonds is 5. The van der Waals surface area contributed by atoms with Gasteiger partial charge in [-0.3, -0.25) is 0 Å². The SMILES string of the molecule is Cc1ccc(F)c(S(=O)(=O)N(CCO)C2CCC2)c1. The van der Waals surface area contributed by atoms with Crippen LogP contribution in [-0.4, -0.2) is 37.0 Å². The average molecular weight is 287 g/mol. The van der Waals surface area contributed by atoms with E-state index in [1.54, 1.807) is 6.92 Å². The molecule has 0 bridgehead atoms. The number of nitrogens with zero attached hydrogens (tertiary/aromatic N) is 1. The summed E-state index contributed by atoms with van der Waals surface area (Å²) in [7, 11) is -3.88. The van der Waals surface area contributed by atoms with Crippen LogP contribution in [0.1, 0.15) is 24.8 Å². The molecule has 0 amide bonds. The van der Waals surface area contributed by atoms with Gasteiger partial charge in [0.1, 0.15) is 10.7 Å². The van der Waals surface area contributed by atoms with Crippen LogP contribution in [0.4, 0.5) is 4.39 Å². The molecule has 1 aromatic carbocycles. The Hall–Kier alpha value is -0.980. The fourth-order valence-electron chi connectivity index (χ4n) is 2.21. The van der Waals surface area contributed by atoms with Crippen LogP contribution in [0.2, 0.25) is 0 Å². The quantitative estimate of drug-likeness (QED) is 0.896. The zero-order valence-electron chi connectivity index (χ0n) is 10.8. The first kappa shape index (κ1) is 14.4. The lowest BCUT2D eigenvalue weighted by Gasteiger charge is -2.36. The molecule has 1 aliphatic rings. The van der Waals surface area contributed by atoms with Crippen molar-refractivity contribution < 1.29 is 17.9 Å². The molecule has 0 atom stereocenters. The van der Waals surface area contributed by atoms with Gasteiger partial charge in [-0.05, 0) is 37.5 Å². The monoisotopic (exact) mass is 287 g/mol. The van der Waals surface area contributed by atoms with E-state index in [-0.39, 0.29) is 24.1 Å². The molecule has 2 rings (SSSR count). The molecular weight excluding hydrogens is 269 g/mol. The average Bonchev–Trinajstić information content (AvgIpc) is 2.29. The number of aliphatic hydroxyl groups excluding tert-OH is 1. The van der Waals surface area contributed by atoms with Crippen molar-refractivity contribution in [3.05, 3.63) is 29.6 Å². The third kappa shape index (κ3) is 2.80. The largest absolute Gasteiger partial charge is 0.395 e. The Kier molecular flexibility index (Phi) is 4.23. The lowest BCUT2D eigenvalue weighted by atomic mass is 9.93. The number of sulfonamides is 1. The van der Waals surface area contributed by atoms with E-state index in [0.29, 0.717) is 5.56 Å². The normalized spacial score (nSPS) is 16.6. The van der Waals surface area contributed by atoms with Crippen LogP contribution < -0.4 is 0 Å². The minimum Gasteiger partial charge on any atom is -0.395 e. The molecule has 6 heteroatoms. The number of aliphatic hydroxyl groups is 1. The van der Waals surface area contributed by atoms with Crippen molar-refractivity contribution in [1.29, 1.82) is 0 Å². The number of aryl methyl sites for hydroxylation is 1. The third-order valence-electron chi connectivity index (χ3n) is 3.48. The van der Waals surface area contributed by atoms with E-state index in [2.05, 4.69) is 0 Å². The van der Waals surface area contributed by atoms with Gasteiger partial charge in [0.05, 0.1) is 6.61 Å². The summed E-state index contributed by atoms with van der Waals surface area (Å²) in [6, 6.07) is 3.93. The highest BCUT2D eigenvalue weighted by Gasteiger charge is 2.35. The standard InChI is InChI=1S/C13H18FNO3S/c1-10-5-6-12(14)13(9-10)19(17,18)15(7-8-16)11-3-2-4-11/h5-6,9,11,16H,2-4,7-8H2,1H3. The van der Waals surface area contributed by atoms with Gasteiger partial charge in [0.25, 0.3) is 0 Å². The van der Waals surface area contributed by atoms with Crippen LogP contribution in [-0.2, 0) is 10.0 Å². The number of hydrogen-bond acceptors (Lipinski definition) is 3. The highest BCUT2D eigenvalue weighted by atomic mass is 32.2. The molecule has 0 radical (unpaired) electrons. The number of benzene rings is 1. The van der Waals surface area contributed by atoms with Gasteiger partial charge < -0.3 is 5.11 Å². The molecule has 1 N–H and O–H groups in total. The zero-order chi connectivity index (χ0) is 14.0. The van der Waals surface area contributed by atoms with E-state index in [1.165, 1.54) is 22.5 Å². The molecule has 0 unspecified atom stereocenters. The lowest BCUT2D eigenvalue weighted by molar-refractivity contribution is 0.178. The topological polar surface area (TPSA) is 57.6 Å². The smallest absolute Gasteiger partial charge is 0.246 e. The Morgan fingerprint density at radius 1 is 1.42 bits per heavy atom. The molecule has 19 heavy (non-hydrogen) atoms. The summed E-state index contributed by atoms with van der Waals surface area (Å²) in [6.07, 6.45) is 2.51. The van der Waals surface area contributed by atoms with E-state index >= 15 is 0 Å². The van der Waals surface area contributed by atoms with Crippen molar-refractivity contribution in [2.24, 2.45) is 0 Å². The van der Waals surface area contributed by atoms with Crippen LogP contribution in [0.3, 0.4) is 0 Å². The summed E-state index contributed by atoms with van der Waals surface area (Å²) in [5.74, 6) is -0.743. The summed E-state index contributed by atoms with van der Waals surface area (Å²) in [6.45, 7) is 1.47. The molecule has 106 valence electrons. The minimum atomic E-state index is -3.88. The summed E-state index contributed by atoms with van der Waals surface area (Å²) in [5, 5.41) is 9.04. The fourth-order valence-corrected chi connectivity index (χ4v) is 4.03. The van der Waals surface area contributed by atoms with Crippen LogP contribution in [0.25, 0.3) is 0 Å². The van der Waals surface area contributed by atoms with Gasteiger partial charge in [-0.1, -0.05) is 12.5 Å². The fraction of sp³-hybridized carbons (Fsp3) is 0.538. The van der Waals surface area contributed by atoms with E-state index in [9.17, 15) is 12.8 Å². The first-order valence-electron chi connectivity index (χ1n) is 6.35. The Morgan fingerprint density at radius 3 is 2.63 bits per heavy atom. The summed E-state index contributed by atoms with van der Waals surface area (Å²) >= 11 is 0. The molecule has 0 heterocycles. The predicted molar refractivity (Wildman–Crippen MR) is 69.8 cm³/mol. The van der Waals surface area contributed by atoms with Crippen LogP contribution in [0.5, 0.6) is 0 Å². The molecule has 0 aromatic heterocycles. The molecule has 4 nitrogen and oxygen atoms in total. The van der Waals surface area contributed by atoms with E-state index < -0.39 is 15.8 Å². The Morgan fingerprint density at radius 2 is 2.11 bits per heavy atom. The molecular formula is C13H18FNO3S. The maximum atomic E-state index is 13.8. The van der Waals surface area contributed by atoms with Gasteiger partial charge in [0, 0.05) is 12.6 Å².